The number of ether oxygens (including phenoxy) is 1. The van der Waals surface area contributed by atoms with Crippen molar-refractivity contribution in [2.24, 2.45) is 5.92 Å². The molecular formula is C19H26N2O3. The Morgan fingerprint density at radius 3 is 2.29 bits per heavy atom. The van der Waals surface area contributed by atoms with Crippen LogP contribution < -0.4 is 5.32 Å². The lowest BCUT2D eigenvalue weighted by molar-refractivity contribution is -0.156. The van der Waals surface area contributed by atoms with Crippen LogP contribution in [-0.4, -0.2) is 43.0 Å². The zero-order chi connectivity index (χ0) is 17.2. The molecule has 1 saturated heterocycles. The molecule has 5 heteroatoms. The molecule has 0 unspecified atom stereocenters. The molecule has 1 saturated carbocycles. The highest BCUT2D eigenvalue weighted by molar-refractivity contribution is 5.87. The van der Waals surface area contributed by atoms with Gasteiger partial charge in [-0.15, -0.1) is 0 Å². The normalized spacial score (nSPS) is 21.2. The van der Waals surface area contributed by atoms with Gasteiger partial charge in [-0.1, -0.05) is 30.3 Å². The van der Waals surface area contributed by atoms with E-state index in [1.165, 1.54) is 0 Å². The summed E-state index contributed by atoms with van der Waals surface area (Å²) in [6.07, 6.45) is 3.65. The molecule has 130 valence electrons. The highest BCUT2D eigenvalue weighted by Crippen LogP contribution is 2.30. The van der Waals surface area contributed by atoms with Gasteiger partial charge in [0, 0.05) is 32.2 Å². The van der Waals surface area contributed by atoms with E-state index in [4.69, 9.17) is 4.74 Å². The number of piperidine rings is 1. The lowest BCUT2D eigenvalue weighted by Crippen LogP contribution is -2.50. The van der Waals surface area contributed by atoms with E-state index in [-0.39, 0.29) is 17.7 Å². The van der Waals surface area contributed by atoms with Crippen molar-refractivity contribution in [3.05, 3.63) is 35.9 Å². The first-order chi connectivity index (χ1) is 11.5. The Hall–Kier alpha value is -1.88. The molecule has 1 aromatic rings. The molecule has 24 heavy (non-hydrogen) atoms. The van der Waals surface area contributed by atoms with Crippen molar-refractivity contribution in [2.45, 2.75) is 44.2 Å². The molecule has 0 spiro atoms. The average Bonchev–Trinajstić information content (AvgIpc) is 3.45. The summed E-state index contributed by atoms with van der Waals surface area (Å²) in [5.74, 6) is 0.152. The molecule has 1 atom stereocenters. The van der Waals surface area contributed by atoms with E-state index in [1.807, 2.05) is 42.2 Å². The van der Waals surface area contributed by atoms with Gasteiger partial charge in [-0.2, -0.15) is 0 Å². The minimum absolute atomic E-state index is 0.0279. The van der Waals surface area contributed by atoms with Crippen LogP contribution in [0.5, 0.6) is 0 Å². The van der Waals surface area contributed by atoms with Crippen LogP contribution in [0.15, 0.2) is 30.3 Å². The third-order valence-electron chi connectivity index (χ3n) is 5.22. The topological polar surface area (TPSA) is 58.6 Å². The number of hydrogen-bond acceptors (Lipinski definition) is 3. The van der Waals surface area contributed by atoms with Crippen molar-refractivity contribution in [3.8, 4) is 0 Å². The van der Waals surface area contributed by atoms with Crippen molar-refractivity contribution in [3.63, 3.8) is 0 Å². The number of nitrogens with one attached hydrogen (secondary N) is 1. The van der Waals surface area contributed by atoms with Gasteiger partial charge in [0.15, 0.2) is 5.60 Å². The standard InChI is InChI=1S/C19H26N2O3/c1-19(24-2,15-6-4-3-5-7-15)18(23)21-12-10-14(11-13-21)17(22)20-16-8-9-16/h3-7,14,16H,8-13H2,1-2H3,(H,20,22)/t19-/m1/s1. The maximum atomic E-state index is 13.0. The van der Waals surface area contributed by atoms with Gasteiger partial charge in [0.05, 0.1) is 0 Å². The molecule has 2 aliphatic rings. The van der Waals surface area contributed by atoms with Crippen LogP contribution in [0.2, 0.25) is 0 Å². The molecule has 2 fully saturated rings. The van der Waals surface area contributed by atoms with Crippen molar-refractivity contribution >= 4 is 11.8 Å². The monoisotopic (exact) mass is 330 g/mol. The number of hydrogen-bond donors (Lipinski definition) is 1. The predicted octanol–water partition coefficient (Wildman–Crippen LogP) is 2.07. The van der Waals surface area contributed by atoms with Gasteiger partial charge in [-0.05, 0) is 38.2 Å². The highest BCUT2D eigenvalue weighted by Gasteiger charge is 2.40. The van der Waals surface area contributed by atoms with Crippen LogP contribution >= 0.6 is 0 Å². The van der Waals surface area contributed by atoms with E-state index in [0.717, 1.165) is 31.2 Å². The molecule has 0 aromatic heterocycles. The summed E-state index contributed by atoms with van der Waals surface area (Å²) in [4.78, 5) is 27.0. The smallest absolute Gasteiger partial charge is 0.259 e. The Labute approximate surface area is 143 Å². The molecule has 1 aliphatic carbocycles. The molecule has 1 heterocycles. The minimum atomic E-state index is -0.982. The lowest BCUT2D eigenvalue weighted by atomic mass is 9.91. The minimum Gasteiger partial charge on any atom is -0.364 e. The van der Waals surface area contributed by atoms with Crippen LogP contribution in [0.3, 0.4) is 0 Å². The number of methoxy groups -OCH3 is 1. The maximum Gasteiger partial charge on any atom is 0.259 e. The van der Waals surface area contributed by atoms with Gasteiger partial charge in [0.1, 0.15) is 0 Å². The van der Waals surface area contributed by atoms with Gasteiger partial charge in [0.25, 0.3) is 5.91 Å². The van der Waals surface area contributed by atoms with E-state index in [1.54, 1.807) is 7.11 Å². The van der Waals surface area contributed by atoms with E-state index in [2.05, 4.69) is 5.32 Å². The summed E-state index contributed by atoms with van der Waals surface area (Å²) >= 11 is 0. The number of nitrogens with zero attached hydrogens (tertiary/aromatic N) is 1. The number of benzene rings is 1. The summed E-state index contributed by atoms with van der Waals surface area (Å²) in [5, 5.41) is 3.07. The predicted molar refractivity (Wildman–Crippen MR) is 91.3 cm³/mol. The zero-order valence-corrected chi connectivity index (χ0v) is 14.5. The Kier molecular flexibility index (Phi) is 4.90. The molecule has 1 N–H and O–H groups in total. The summed E-state index contributed by atoms with van der Waals surface area (Å²) in [6.45, 7) is 3.03. The van der Waals surface area contributed by atoms with E-state index < -0.39 is 5.60 Å². The molecule has 0 radical (unpaired) electrons. The van der Waals surface area contributed by atoms with Crippen LogP contribution in [0, 0.1) is 5.92 Å². The van der Waals surface area contributed by atoms with Crippen molar-refractivity contribution in [2.75, 3.05) is 20.2 Å². The number of likely N-dealkylation sites (tertiary alicyclic amines) is 1. The summed E-state index contributed by atoms with van der Waals surface area (Å²) in [6, 6.07) is 9.97. The van der Waals surface area contributed by atoms with E-state index >= 15 is 0 Å². The van der Waals surface area contributed by atoms with Crippen LogP contribution in [0.4, 0.5) is 0 Å². The number of carbonyl (C=O) groups is 2. The molecular weight excluding hydrogens is 304 g/mol. The SMILES string of the molecule is CO[C@@](C)(C(=O)N1CCC(C(=O)NC2CC2)CC1)c1ccccc1. The van der Waals surface area contributed by atoms with E-state index in [0.29, 0.717) is 19.1 Å². The van der Waals surface area contributed by atoms with Crippen molar-refractivity contribution < 1.29 is 14.3 Å². The Bertz CT molecular complexity index is 592. The van der Waals surface area contributed by atoms with Crippen LogP contribution in [-0.2, 0) is 19.9 Å². The molecule has 1 aliphatic heterocycles. The second-order valence-corrected chi connectivity index (χ2v) is 6.95. The highest BCUT2D eigenvalue weighted by atomic mass is 16.5. The fourth-order valence-corrected chi connectivity index (χ4v) is 3.28. The lowest BCUT2D eigenvalue weighted by Gasteiger charge is -2.37. The van der Waals surface area contributed by atoms with Crippen molar-refractivity contribution in [1.82, 2.24) is 10.2 Å². The molecule has 2 amide bonds. The maximum absolute atomic E-state index is 13.0. The molecule has 3 rings (SSSR count). The Morgan fingerprint density at radius 2 is 1.75 bits per heavy atom. The quantitative estimate of drug-likeness (QED) is 0.899. The second kappa shape index (κ2) is 6.93. The van der Waals surface area contributed by atoms with Crippen LogP contribution in [0.25, 0.3) is 0 Å². The number of carbonyl (C=O) groups excluding carboxylic acids is 2. The fourth-order valence-electron chi connectivity index (χ4n) is 3.28. The summed E-state index contributed by atoms with van der Waals surface area (Å²) in [5.41, 5.74) is -0.129. The first-order valence-electron chi connectivity index (χ1n) is 8.75. The first-order valence-corrected chi connectivity index (χ1v) is 8.75. The third kappa shape index (κ3) is 3.46. The van der Waals surface area contributed by atoms with Gasteiger partial charge in [-0.25, -0.2) is 0 Å². The Morgan fingerprint density at radius 1 is 1.12 bits per heavy atom. The van der Waals surface area contributed by atoms with Gasteiger partial charge >= 0.3 is 0 Å². The molecule has 0 bridgehead atoms. The summed E-state index contributed by atoms with van der Waals surface area (Å²) < 4.78 is 5.60. The van der Waals surface area contributed by atoms with Crippen LogP contribution in [0.1, 0.15) is 38.2 Å². The van der Waals surface area contributed by atoms with E-state index in [9.17, 15) is 9.59 Å². The number of rotatable bonds is 5. The number of amides is 2. The third-order valence-corrected chi connectivity index (χ3v) is 5.22. The average molecular weight is 330 g/mol. The van der Waals surface area contributed by atoms with Crippen molar-refractivity contribution in [1.29, 1.82) is 0 Å². The second-order valence-electron chi connectivity index (χ2n) is 6.95. The summed E-state index contributed by atoms with van der Waals surface area (Å²) in [7, 11) is 1.57. The van der Waals surface area contributed by atoms with Gasteiger partial charge < -0.3 is 15.0 Å². The molecule has 5 nitrogen and oxygen atoms in total. The van der Waals surface area contributed by atoms with Gasteiger partial charge in [-0.3, -0.25) is 9.59 Å². The van der Waals surface area contributed by atoms with Gasteiger partial charge in [0.2, 0.25) is 5.91 Å². The fraction of sp³-hybridized carbons (Fsp3) is 0.579. The molecule has 1 aromatic carbocycles. The zero-order valence-electron chi connectivity index (χ0n) is 14.5. The largest absolute Gasteiger partial charge is 0.364 e. The Balaban J connectivity index is 1.62. The first kappa shape index (κ1) is 17.0.